The van der Waals surface area contributed by atoms with E-state index in [1.807, 2.05) is 6.07 Å². The standard InChI is InChI=1S/C14H18N2S/c1-10(2)15-9-13-14(17-11(3)16-13)12-7-5-4-6-8-12/h4-8,10,15H,9H2,1-3H3. The number of hydrogen-bond donors (Lipinski definition) is 1. The topological polar surface area (TPSA) is 24.9 Å². The van der Waals surface area contributed by atoms with Crippen molar-refractivity contribution in [1.29, 1.82) is 0 Å². The van der Waals surface area contributed by atoms with Gasteiger partial charge in [0.25, 0.3) is 0 Å². The lowest BCUT2D eigenvalue weighted by Gasteiger charge is -2.07. The van der Waals surface area contributed by atoms with Gasteiger partial charge in [0.2, 0.25) is 0 Å². The van der Waals surface area contributed by atoms with E-state index in [9.17, 15) is 0 Å². The summed E-state index contributed by atoms with van der Waals surface area (Å²) in [5, 5.41) is 4.56. The van der Waals surface area contributed by atoms with E-state index >= 15 is 0 Å². The third-order valence-electron chi connectivity index (χ3n) is 2.52. The Balaban J connectivity index is 2.28. The molecule has 1 heterocycles. The molecule has 0 saturated carbocycles. The molecule has 0 fully saturated rings. The lowest BCUT2D eigenvalue weighted by atomic mass is 10.1. The molecule has 0 radical (unpaired) electrons. The molecule has 3 heteroatoms. The summed E-state index contributed by atoms with van der Waals surface area (Å²) in [5.74, 6) is 0. The van der Waals surface area contributed by atoms with Gasteiger partial charge in [-0.05, 0) is 12.5 Å². The summed E-state index contributed by atoms with van der Waals surface area (Å²) in [6.45, 7) is 7.21. The molecule has 1 N–H and O–H groups in total. The van der Waals surface area contributed by atoms with Crippen molar-refractivity contribution in [3.8, 4) is 10.4 Å². The van der Waals surface area contributed by atoms with E-state index in [1.54, 1.807) is 11.3 Å². The average molecular weight is 246 g/mol. The molecule has 1 aromatic carbocycles. The normalized spacial score (nSPS) is 11.1. The van der Waals surface area contributed by atoms with Crippen LogP contribution >= 0.6 is 11.3 Å². The quantitative estimate of drug-likeness (QED) is 0.891. The number of benzene rings is 1. The fourth-order valence-corrected chi connectivity index (χ4v) is 2.65. The van der Waals surface area contributed by atoms with Crippen molar-refractivity contribution in [2.45, 2.75) is 33.4 Å². The Bertz CT molecular complexity index is 474. The number of rotatable bonds is 4. The molecule has 2 nitrogen and oxygen atoms in total. The van der Waals surface area contributed by atoms with Crippen molar-refractivity contribution in [1.82, 2.24) is 10.3 Å². The van der Waals surface area contributed by atoms with Gasteiger partial charge in [0.15, 0.2) is 0 Å². The third kappa shape index (κ3) is 3.14. The van der Waals surface area contributed by atoms with Gasteiger partial charge in [-0.25, -0.2) is 4.98 Å². The predicted octanol–water partition coefficient (Wildman–Crippen LogP) is 3.62. The van der Waals surface area contributed by atoms with Crippen LogP contribution in [-0.4, -0.2) is 11.0 Å². The van der Waals surface area contributed by atoms with Crippen LogP contribution < -0.4 is 5.32 Å². The summed E-state index contributed by atoms with van der Waals surface area (Å²) in [4.78, 5) is 5.90. The summed E-state index contributed by atoms with van der Waals surface area (Å²) in [6.07, 6.45) is 0. The van der Waals surface area contributed by atoms with Gasteiger partial charge in [0.05, 0.1) is 15.6 Å². The minimum atomic E-state index is 0.487. The highest BCUT2D eigenvalue weighted by Gasteiger charge is 2.10. The van der Waals surface area contributed by atoms with E-state index in [1.165, 1.54) is 10.4 Å². The maximum Gasteiger partial charge on any atom is 0.0904 e. The van der Waals surface area contributed by atoms with Crippen LogP contribution in [-0.2, 0) is 6.54 Å². The van der Waals surface area contributed by atoms with Crippen molar-refractivity contribution in [2.75, 3.05) is 0 Å². The van der Waals surface area contributed by atoms with E-state index in [0.717, 1.165) is 17.2 Å². The van der Waals surface area contributed by atoms with Gasteiger partial charge in [0.1, 0.15) is 0 Å². The molecule has 17 heavy (non-hydrogen) atoms. The van der Waals surface area contributed by atoms with Crippen LogP contribution in [0, 0.1) is 6.92 Å². The zero-order valence-electron chi connectivity index (χ0n) is 10.5. The van der Waals surface area contributed by atoms with Crippen LogP contribution in [0.15, 0.2) is 30.3 Å². The number of aryl methyl sites for hydroxylation is 1. The van der Waals surface area contributed by atoms with Gasteiger partial charge in [-0.1, -0.05) is 44.2 Å². The van der Waals surface area contributed by atoms with Gasteiger partial charge in [-0.15, -0.1) is 11.3 Å². The van der Waals surface area contributed by atoms with E-state index < -0.39 is 0 Å². The number of nitrogens with one attached hydrogen (secondary N) is 1. The van der Waals surface area contributed by atoms with Crippen LogP contribution in [0.2, 0.25) is 0 Å². The molecule has 0 saturated heterocycles. The molecule has 0 aliphatic heterocycles. The molecule has 0 amide bonds. The van der Waals surface area contributed by atoms with Crippen LogP contribution in [0.1, 0.15) is 24.5 Å². The highest BCUT2D eigenvalue weighted by Crippen LogP contribution is 2.29. The van der Waals surface area contributed by atoms with Crippen LogP contribution in [0.25, 0.3) is 10.4 Å². The molecule has 0 spiro atoms. The van der Waals surface area contributed by atoms with E-state index in [4.69, 9.17) is 0 Å². The van der Waals surface area contributed by atoms with E-state index in [0.29, 0.717) is 6.04 Å². The molecule has 90 valence electrons. The van der Waals surface area contributed by atoms with Crippen molar-refractivity contribution in [3.05, 3.63) is 41.0 Å². The second-order valence-corrected chi connectivity index (χ2v) is 5.61. The van der Waals surface area contributed by atoms with Crippen molar-refractivity contribution in [2.24, 2.45) is 0 Å². The van der Waals surface area contributed by atoms with Crippen molar-refractivity contribution < 1.29 is 0 Å². The highest BCUT2D eigenvalue weighted by atomic mass is 32.1. The molecule has 0 aliphatic rings. The zero-order chi connectivity index (χ0) is 12.3. The smallest absolute Gasteiger partial charge is 0.0904 e. The first kappa shape index (κ1) is 12.3. The largest absolute Gasteiger partial charge is 0.309 e. The molecular weight excluding hydrogens is 228 g/mol. The van der Waals surface area contributed by atoms with Crippen LogP contribution in [0.3, 0.4) is 0 Å². The van der Waals surface area contributed by atoms with Crippen LogP contribution in [0.4, 0.5) is 0 Å². The lowest BCUT2D eigenvalue weighted by molar-refractivity contribution is 0.583. The van der Waals surface area contributed by atoms with Gasteiger partial charge < -0.3 is 5.32 Å². The zero-order valence-corrected chi connectivity index (χ0v) is 11.3. The Hall–Kier alpha value is -1.19. The van der Waals surface area contributed by atoms with Crippen LogP contribution in [0.5, 0.6) is 0 Å². The Kier molecular flexibility index (Phi) is 3.92. The average Bonchev–Trinajstić information content (AvgIpc) is 2.69. The third-order valence-corrected chi connectivity index (χ3v) is 3.58. The SMILES string of the molecule is Cc1nc(CNC(C)C)c(-c2ccccc2)s1. The lowest BCUT2D eigenvalue weighted by Crippen LogP contribution is -2.22. The summed E-state index contributed by atoms with van der Waals surface area (Å²) < 4.78 is 0. The summed E-state index contributed by atoms with van der Waals surface area (Å²) in [5.41, 5.74) is 2.42. The molecule has 1 aromatic heterocycles. The maximum absolute atomic E-state index is 4.61. The predicted molar refractivity (Wildman–Crippen MR) is 74.3 cm³/mol. The first-order valence-corrected chi connectivity index (χ1v) is 6.73. The second kappa shape index (κ2) is 5.43. The molecule has 2 rings (SSSR count). The molecule has 0 aliphatic carbocycles. The Morgan fingerprint density at radius 2 is 1.94 bits per heavy atom. The fraction of sp³-hybridized carbons (Fsp3) is 0.357. The summed E-state index contributed by atoms with van der Waals surface area (Å²) in [7, 11) is 0. The molecule has 0 unspecified atom stereocenters. The maximum atomic E-state index is 4.61. The number of aromatic nitrogens is 1. The Morgan fingerprint density at radius 1 is 1.24 bits per heavy atom. The fourth-order valence-electron chi connectivity index (χ4n) is 1.71. The minimum Gasteiger partial charge on any atom is -0.309 e. The number of hydrogen-bond acceptors (Lipinski definition) is 3. The molecule has 2 aromatic rings. The Labute approximate surface area is 107 Å². The van der Waals surface area contributed by atoms with E-state index in [-0.39, 0.29) is 0 Å². The van der Waals surface area contributed by atoms with Gasteiger partial charge in [0, 0.05) is 12.6 Å². The summed E-state index contributed by atoms with van der Waals surface area (Å²) >= 11 is 1.77. The highest BCUT2D eigenvalue weighted by molar-refractivity contribution is 7.15. The second-order valence-electron chi connectivity index (χ2n) is 4.41. The van der Waals surface area contributed by atoms with Crippen molar-refractivity contribution in [3.63, 3.8) is 0 Å². The summed E-state index contributed by atoms with van der Waals surface area (Å²) in [6, 6.07) is 11.0. The molecule has 0 bridgehead atoms. The first-order valence-electron chi connectivity index (χ1n) is 5.92. The number of nitrogens with zero attached hydrogens (tertiary/aromatic N) is 1. The van der Waals surface area contributed by atoms with Gasteiger partial charge in [-0.3, -0.25) is 0 Å². The van der Waals surface area contributed by atoms with Gasteiger partial charge >= 0.3 is 0 Å². The Morgan fingerprint density at radius 3 is 2.59 bits per heavy atom. The van der Waals surface area contributed by atoms with Gasteiger partial charge in [-0.2, -0.15) is 0 Å². The molecular formula is C14H18N2S. The molecule has 0 atom stereocenters. The minimum absolute atomic E-state index is 0.487. The van der Waals surface area contributed by atoms with E-state index in [2.05, 4.69) is 55.3 Å². The monoisotopic (exact) mass is 246 g/mol. The van der Waals surface area contributed by atoms with Crippen molar-refractivity contribution >= 4 is 11.3 Å². The first-order chi connectivity index (χ1) is 8.16. The number of thiazole rings is 1.